The summed E-state index contributed by atoms with van der Waals surface area (Å²) < 4.78 is 0. The van der Waals surface area contributed by atoms with Gasteiger partial charge in [-0.05, 0) is 0 Å². The summed E-state index contributed by atoms with van der Waals surface area (Å²) in [5.74, 6) is 0. The van der Waals surface area contributed by atoms with Crippen LogP contribution in [0.1, 0.15) is 0 Å². The van der Waals surface area contributed by atoms with E-state index in [0.717, 1.165) is 0 Å². The maximum atomic E-state index is 0. The molecule has 0 aromatic heterocycles. The maximum Gasteiger partial charge on any atom is 5.00 e. The Hall–Kier alpha value is 2.11. The Bertz CT molecular complexity index is 8.04. The van der Waals surface area contributed by atoms with Crippen LogP contribution < -0.4 is 0 Å². The van der Waals surface area contributed by atoms with E-state index in [9.17, 15) is 0 Å². The van der Waals surface area contributed by atoms with Crippen molar-refractivity contribution in [2.45, 2.75) is 0 Å². The second-order valence-corrected chi connectivity index (χ2v) is 0. The van der Waals surface area contributed by atoms with E-state index in [0.29, 0.717) is 0 Å². The Labute approximate surface area is 97.0 Å². The topological polar surface area (TPSA) is 147 Å². The van der Waals surface area contributed by atoms with Crippen molar-refractivity contribution in [2.75, 3.05) is 0 Å². The first kappa shape index (κ1) is 134. The predicted molar refractivity (Wildman–Crippen MR) is 13.4 cm³/mol. The van der Waals surface area contributed by atoms with Gasteiger partial charge in [-0.3, -0.25) is 0 Å². The summed E-state index contributed by atoms with van der Waals surface area (Å²) in [7, 11) is 0. The molecule has 0 aromatic rings. The average Bonchev–Trinajstić information content (AvgIpc) is 0. The average molecular weight is 401 g/mol. The third-order valence-electron chi connectivity index (χ3n) is 0. The van der Waals surface area contributed by atoms with E-state index in [1.807, 2.05) is 0 Å². The molecule has 0 aromatic carbocycles. The molecule has 0 aliphatic rings. The molecule has 0 aliphatic carbocycles. The summed E-state index contributed by atoms with van der Waals surface area (Å²) in [6.45, 7) is 0. The normalized spacial score (nSPS) is 0. The Kier molecular flexibility index (Phi) is 1770. The Morgan fingerprint density at radius 1 is 0.714 bits per heavy atom. The zero-order valence-corrected chi connectivity index (χ0v) is 11.0. The molecule has 0 radical (unpaired) electrons. The van der Waals surface area contributed by atoms with Gasteiger partial charge in [-0.1, -0.05) is 0 Å². The number of hydrogen-bond acceptors (Lipinski definition) is 1. The second kappa shape index (κ2) is 92.0. The van der Waals surface area contributed by atoms with E-state index in [1.54, 1.807) is 0 Å². The van der Waals surface area contributed by atoms with Crippen molar-refractivity contribution in [3.63, 3.8) is 0 Å². The molecule has 7 heavy (non-hydrogen) atoms. The van der Waals surface area contributed by atoms with Gasteiger partial charge in [0.2, 0.25) is 0 Å². The van der Waals surface area contributed by atoms with Crippen molar-refractivity contribution in [1.82, 2.24) is 0 Å². The Balaban J connectivity index is 0. The summed E-state index contributed by atoms with van der Waals surface area (Å²) in [6.07, 6.45) is 0. The molecular formula is H3BaO5Ta. The fourth-order valence-electron chi connectivity index (χ4n) is 0. The Morgan fingerprint density at radius 2 is 0.714 bits per heavy atom. The molecule has 7 heteroatoms. The minimum atomic E-state index is 0. The van der Waals surface area contributed by atoms with Crippen molar-refractivity contribution in [2.24, 2.45) is 0 Å². The molecule has 0 heterocycles. The van der Waals surface area contributed by atoms with Crippen molar-refractivity contribution in [1.29, 1.82) is 0 Å². The van der Waals surface area contributed by atoms with Crippen molar-refractivity contribution in [3.8, 4) is 0 Å². The van der Waals surface area contributed by atoms with Crippen LogP contribution >= 0.6 is 0 Å². The molecule has 0 saturated heterocycles. The zero-order valence-electron chi connectivity index (χ0n) is 3.33. The number of hydrogen-bond donors (Lipinski definition) is 0. The van der Waals surface area contributed by atoms with Gasteiger partial charge in [0.1, 0.15) is 0 Å². The van der Waals surface area contributed by atoms with E-state index in [-0.39, 0.29) is 98.6 Å². The van der Waals surface area contributed by atoms with Gasteiger partial charge >= 0.3 is 71.3 Å². The minimum absolute atomic E-state index is 0. The van der Waals surface area contributed by atoms with Crippen molar-refractivity contribution >= 4 is 48.9 Å². The summed E-state index contributed by atoms with van der Waals surface area (Å²) in [6, 6.07) is 0. The SMILES string of the molecule is O.[Ba+2].[O-2].[O-2].[O-2].[OH-].[Ta+5]. The van der Waals surface area contributed by atoms with Crippen molar-refractivity contribution < 1.29 is 49.8 Å². The van der Waals surface area contributed by atoms with Crippen molar-refractivity contribution in [3.05, 3.63) is 0 Å². The summed E-state index contributed by atoms with van der Waals surface area (Å²) >= 11 is 0. The second-order valence-electron chi connectivity index (χ2n) is 0. The molecule has 0 spiro atoms. The molecule has 3 N–H and O–H groups in total. The molecule has 0 unspecified atom stereocenters. The monoisotopic (exact) mass is 402 g/mol. The molecule has 0 atom stereocenters. The minimum Gasteiger partial charge on any atom is -2.00 e. The molecule has 0 fully saturated rings. The van der Waals surface area contributed by atoms with Gasteiger partial charge in [-0.25, -0.2) is 0 Å². The van der Waals surface area contributed by atoms with Crippen LogP contribution in [0.25, 0.3) is 0 Å². The Morgan fingerprint density at radius 3 is 0.714 bits per heavy atom. The van der Waals surface area contributed by atoms with Gasteiger partial charge in [-0.15, -0.1) is 0 Å². The fraction of sp³-hybridized carbons (Fsp3) is 0. The van der Waals surface area contributed by atoms with Gasteiger partial charge in [0, 0.05) is 0 Å². The van der Waals surface area contributed by atoms with Gasteiger partial charge < -0.3 is 27.4 Å². The van der Waals surface area contributed by atoms with E-state index < -0.39 is 0 Å². The largest absolute Gasteiger partial charge is 5.00 e. The smallest absolute Gasteiger partial charge is 2.00 e. The van der Waals surface area contributed by atoms with Gasteiger partial charge in [-0.2, -0.15) is 0 Å². The van der Waals surface area contributed by atoms with E-state index in [1.165, 1.54) is 0 Å². The first-order valence-corrected chi connectivity index (χ1v) is 0. The number of rotatable bonds is 0. The van der Waals surface area contributed by atoms with E-state index >= 15 is 0 Å². The van der Waals surface area contributed by atoms with Crippen LogP contribution in [0, 0.1) is 0 Å². The standard InChI is InChI=1S/Ba.2H2O.3O.Ta/h;2*1H2;;;;/q+2;;;3*-2;+5/p-1. The van der Waals surface area contributed by atoms with Gasteiger partial charge in [0.05, 0.1) is 0 Å². The molecule has 0 amide bonds. The molecule has 0 rings (SSSR count). The predicted octanol–water partition coefficient (Wildman–Crippen LogP) is -1.74. The maximum absolute atomic E-state index is 0. The molecule has 0 bridgehead atoms. The molecule has 5 nitrogen and oxygen atoms in total. The fourth-order valence-corrected chi connectivity index (χ4v) is 0. The quantitative estimate of drug-likeness (QED) is 0.436. The molecule has 40 valence electrons. The summed E-state index contributed by atoms with van der Waals surface area (Å²) in [5, 5.41) is 0. The van der Waals surface area contributed by atoms with Crippen LogP contribution in [0.5, 0.6) is 0 Å². The third kappa shape index (κ3) is 67.9. The molecule has 0 aliphatic heterocycles. The molecular weight excluding hydrogens is 398 g/mol. The third-order valence-corrected chi connectivity index (χ3v) is 0. The summed E-state index contributed by atoms with van der Waals surface area (Å²) in [4.78, 5) is 0. The zero-order chi connectivity index (χ0) is 0. The van der Waals surface area contributed by atoms with Crippen LogP contribution in [0.4, 0.5) is 0 Å². The van der Waals surface area contributed by atoms with Gasteiger partial charge in [0.25, 0.3) is 0 Å². The van der Waals surface area contributed by atoms with Crippen LogP contribution in [0.15, 0.2) is 0 Å². The van der Waals surface area contributed by atoms with Crippen LogP contribution in [0.3, 0.4) is 0 Å². The molecule has 0 saturated carbocycles. The van der Waals surface area contributed by atoms with Gasteiger partial charge in [0.15, 0.2) is 0 Å². The van der Waals surface area contributed by atoms with E-state index in [2.05, 4.69) is 0 Å². The van der Waals surface area contributed by atoms with Crippen LogP contribution in [-0.4, -0.2) is 59.8 Å². The van der Waals surface area contributed by atoms with Crippen LogP contribution in [-0.2, 0) is 38.8 Å². The summed E-state index contributed by atoms with van der Waals surface area (Å²) in [5.41, 5.74) is 0. The van der Waals surface area contributed by atoms with E-state index in [4.69, 9.17) is 0 Å². The van der Waals surface area contributed by atoms with Crippen LogP contribution in [0.2, 0.25) is 0 Å². The first-order valence-electron chi connectivity index (χ1n) is 0. The first-order chi connectivity index (χ1) is 0.